The Bertz CT molecular complexity index is 609. The minimum Gasteiger partial charge on any atom is -0.379 e. The SMILES string of the molecule is CCNC(=NCc1ccnc(N2CCCCCC2)c1)NCCCN1CCOCC1. The van der Waals surface area contributed by atoms with E-state index in [9.17, 15) is 0 Å². The molecule has 29 heavy (non-hydrogen) atoms. The largest absolute Gasteiger partial charge is 0.379 e. The standard InChI is InChI=1S/C22H38N6O/c1-2-23-22(25-9-7-11-27-14-16-29-17-15-27)26-19-20-8-10-24-21(18-20)28-12-5-3-4-6-13-28/h8,10,18H,2-7,9,11-17,19H2,1H3,(H2,23,25,26). The van der Waals surface area contributed by atoms with Crippen LogP contribution in [-0.2, 0) is 11.3 Å². The molecule has 0 bridgehead atoms. The molecular formula is C22H38N6O. The Morgan fingerprint density at radius 1 is 1.10 bits per heavy atom. The monoisotopic (exact) mass is 402 g/mol. The maximum Gasteiger partial charge on any atom is 0.191 e. The van der Waals surface area contributed by atoms with E-state index in [-0.39, 0.29) is 0 Å². The third-order valence-corrected chi connectivity index (χ3v) is 5.55. The van der Waals surface area contributed by atoms with Gasteiger partial charge in [0, 0.05) is 45.5 Å². The predicted molar refractivity (Wildman–Crippen MR) is 120 cm³/mol. The predicted octanol–water partition coefficient (Wildman–Crippen LogP) is 2.24. The van der Waals surface area contributed by atoms with Crippen molar-refractivity contribution in [2.45, 2.75) is 45.6 Å². The molecule has 2 saturated heterocycles. The second kappa shape index (κ2) is 12.6. The van der Waals surface area contributed by atoms with Gasteiger partial charge in [-0.05, 0) is 50.4 Å². The highest BCUT2D eigenvalue weighted by molar-refractivity contribution is 5.79. The fraction of sp³-hybridized carbons (Fsp3) is 0.727. The van der Waals surface area contributed by atoms with Gasteiger partial charge in [-0.1, -0.05) is 12.8 Å². The number of anilines is 1. The number of morpholine rings is 1. The summed E-state index contributed by atoms with van der Waals surface area (Å²) in [5.41, 5.74) is 1.21. The van der Waals surface area contributed by atoms with Gasteiger partial charge in [-0.3, -0.25) is 4.90 Å². The zero-order valence-corrected chi connectivity index (χ0v) is 18.0. The van der Waals surface area contributed by atoms with Crippen LogP contribution >= 0.6 is 0 Å². The van der Waals surface area contributed by atoms with E-state index in [1.54, 1.807) is 0 Å². The van der Waals surface area contributed by atoms with E-state index < -0.39 is 0 Å². The summed E-state index contributed by atoms with van der Waals surface area (Å²) in [5, 5.41) is 6.83. The lowest BCUT2D eigenvalue weighted by Crippen LogP contribution is -2.40. The van der Waals surface area contributed by atoms with Gasteiger partial charge in [0.2, 0.25) is 0 Å². The Labute approximate surface area is 175 Å². The molecule has 0 unspecified atom stereocenters. The Hall–Kier alpha value is -1.86. The summed E-state index contributed by atoms with van der Waals surface area (Å²) < 4.78 is 5.41. The highest BCUT2D eigenvalue weighted by Crippen LogP contribution is 2.18. The normalized spacial score (nSPS) is 19.1. The first-order chi connectivity index (χ1) is 14.3. The van der Waals surface area contributed by atoms with Crippen LogP contribution in [0.4, 0.5) is 5.82 Å². The highest BCUT2D eigenvalue weighted by atomic mass is 16.5. The molecule has 0 atom stereocenters. The van der Waals surface area contributed by atoms with E-state index in [1.807, 2.05) is 6.20 Å². The number of nitrogens with one attached hydrogen (secondary N) is 2. The minimum atomic E-state index is 0.669. The highest BCUT2D eigenvalue weighted by Gasteiger charge is 2.12. The number of hydrogen-bond donors (Lipinski definition) is 2. The van der Waals surface area contributed by atoms with Crippen molar-refractivity contribution in [3.05, 3.63) is 23.9 Å². The molecule has 162 valence electrons. The molecule has 2 fully saturated rings. The van der Waals surface area contributed by atoms with E-state index in [0.29, 0.717) is 6.54 Å². The van der Waals surface area contributed by atoms with Crippen molar-refractivity contribution in [3.8, 4) is 0 Å². The Morgan fingerprint density at radius 2 is 1.90 bits per heavy atom. The number of hydrogen-bond acceptors (Lipinski definition) is 5. The van der Waals surface area contributed by atoms with Crippen LogP contribution in [0.5, 0.6) is 0 Å². The van der Waals surface area contributed by atoms with Gasteiger partial charge in [0.25, 0.3) is 0 Å². The molecule has 0 saturated carbocycles. The molecular weight excluding hydrogens is 364 g/mol. The summed E-state index contributed by atoms with van der Waals surface area (Å²) in [6.45, 7) is 11.7. The van der Waals surface area contributed by atoms with E-state index in [2.05, 4.69) is 44.5 Å². The van der Waals surface area contributed by atoms with Gasteiger partial charge >= 0.3 is 0 Å². The molecule has 0 spiro atoms. The molecule has 0 aromatic carbocycles. The molecule has 2 aliphatic rings. The molecule has 3 heterocycles. The van der Waals surface area contributed by atoms with Crippen molar-refractivity contribution in [1.29, 1.82) is 0 Å². The molecule has 1 aromatic rings. The van der Waals surface area contributed by atoms with Crippen molar-refractivity contribution in [2.24, 2.45) is 4.99 Å². The summed E-state index contributed by atoms with van der Waals surface area (Å²) >= 11 is 0. The van der Waals surface area contributed by atoms with Crippen molar-refractivity contribution >= 4 is 11.8 Å². The molecule has 7 nitrogen and oxygen atoms in total. The van der Waals surface area contributed by atoms with Crippen LogP contribution in [0.15, 0.2) is 23.3 Å². The van der Waals surface area contributed by atoms with E-state index in [1.165, 1.54) is 31.2 Å². The summed E-state index contributed by atoms with van der Waals surface area (Å²) in [7, 11) is 0. The van der Waals surface area contributed by atoms with Crippen LogP contribution in [0.3, 0.4) is 0 Å². The van der Waals surface area contributed by atoms with E-state index in [4.69, 9.17) is 9.73 Å². The van der Waals surface area contributed by atoms with Gasteiger partial charge in [0.05, 0.1) is 19.8 Å². The first-order valence-corrected chi connectivity index (χ1v) is 11.4. The van der Waals surface area contributed by atoms with Crippen LogP contribution in [0.25, 0.3) is 0 Å². The van der Waals surface area contributed by atoms with Gasteiger partial charge in [0.1, 0.15) is 5.82 Å². The molecule has 2 aliphatic heterocycles. The zero-order valence-electron chi connectivity index (χ0n) is 18.0. The summed E-state index contributed by atoms with van der Waals surface area (Å²) in [6.07, 6.45) is 8.24. The van der Waals surface area contributed by atoms with Crippen LogP contribution in [0.1, 0.15) is 44.6 Å². The van der Waals surface area contributed by atoms with Gasteiger partial charge in [-0.2, -0.15) is 0 Å². The number of rotatable bonds is 8. The van der Waals surface area contributed by atoms with Crippen molar-refractivity contribution in [2.75, 3.05) is 63.9 Å². The molecule has 3 rings (SSSR count). The maximum absolute atomic E-state index is 5.41. The van der Waals surface area contributed by atoms with Crippen molar-refractivity contribution < 1.29 is 4.74 Å². The van der Waals surface area contributed by atoms with Crippen LogP contribution in [0.2, 0.25) is 0 Å². The van der Waals surface area contributed by atoms with Crippen molar-refractivity contribution in [3.63, 3.8) is 0 Å². The fourth-order valence-electron chi connectivity index (χ4n) is 3.88. The molecule has 1 aromatic heterocycles. The average Bonchev–Trinajstić information content (AvgIpc) is 3.05. The van der Waals surface area contributed by atoms with Crippen LogP contribution < -0.4 is 15.5 Å². The topological polar surface area (TPSA) is 65.0 Å². The zero-order chi connectivity index (χ0) is 20.2. The van der Waals surface area contributed by atoms with Gasteiger partial charge in [-0.25, -0.2) is 9.98 Å². The van der Waals surface area contributed by atoms with E-state index in [0.717, 1.165) is 77.2 Å². The fourth-order valence-corrected chi connectivity index (χ4v) is 3.88. The van der Waals surface area contributed by atoms with E-state index >= 15 is 0 Å². The second-order valence-electron chi connectivity index (χ2n) is 7.85. The van der Waals surface area contributed by atoms with Crippen molar-refractivity contribution in [1.82, 2.24) is 20.5 Å². The quantitative estimate of drug-likeness (QED) is 0.395. The number of pyridine rings is 1. The first kappa shape index (κ1) is 21.8. The lowest BCUT2D eigenvalue weighted by Gasteiger charge is -2.26. The summed E-state index contributed by atoms with van der Waals surface area (Å²) in [5.74, 6) is 1.99. The molecule has 0 amide bonds. The number of aliphatic imine (C=N–C) groups is 1. The summed E-state index contributed by atoms with van der Waals surface area (Å²) in [4.78, 5) is 14.3. The third-order valence-electron chi connectivity index (χ3n) is 5.55. The number of guanidine groups is 1. The number of aromatic nitrogens is 1. The maximum atomic E-state index is 5.41. The van der Waals surface area contributed by atoms with Crippen LogP contribution in [-0.4, -0.2) is 74.9 Å². The number of ether oxygens (including phenoxy) is 1. The summed E-state index contributed by atoms with van der Waals surface area (Å²) in [6, 6.07) is 4.28. The van der Waals surface area contributed by atoms with Gasteiger partial charge < -0.3 is 20.3 Å². The minimum absolute atomic E-state index is 0.669. The molecule has 7 heteroatoms. The van der Waals surface area contributed by atoms with Gasteiger partial charge in [-0.15, -0.1) is 0 Å². The first-order valence-electron chi connectivity index (χ1n) is 11.4. The van der Waals surface area contributed by atoms with Gasteiger partial charge in [0.15, 0.2) is 5.96 Å². The second-order valence-corrected chi connectivity index (χ2v) is 7.85. The number of nitrogens with zero attached hydrogens (tertiary/aromatic N) is 4. The molecule has 0 aliphatic carbocycles. The Kier molecular flexibility index (Phi) is 9.53. The average molecular weight is 403 g/mol. The Morgan fingerprint density at radius 3 is 2.66 bits per heavy atom. The third kappa shape index (κ3) is 7.82. The van der Waals surface area contributed by atoms with Crippen LogP contribution in [0, 0.1) is 0 Å². The molecule has 0 radical (unpaired) electrons. The Balaban J connectivity index is 1.47. The lowest BCUT2D eigenvalue weighted by atomic mass is 10.2. The lowest BCUT2D eigenvalue weighted by molar-refractivity contribution is 0.0376. The smallest absolute Gasteiger partial charge is 0.191 e. The molecule has 2 N–H and O–H groups in total.